The molecule has 1 unspecified atom stereocenters. The second kappa shape index (κ2) is 19.8. The van der Waals surface area contributed by atoms with Gasteiger partial charge in [-0.25, -0.2) is 23.8 Å². The number of rotatable bonds is 20. The molecule has 0 radical (unpaired) electrons. The van der Waals surface area contributed by atoms with Crippen LogP contribution in [0.4, 0.5) is 0 Å². The highest BCUT2D eigenvalue weighted by atomic mass is 32.2. The lowest BCUT2D eigenvalue weighted by Crippen LogP contribution is -2.10. The zero-order valence-corrected chi connectivity index (χ0v) is 31.9. The van der Waals surface area contributed by atoms with Crippen molar-refractivity contribution in [2.75, 3.05) is 12.9 Å². The summed E-state index contributed by atoms with van der Waals surface area (Å²) in [6, 6.07) is 6.55. The van der Waals surface area contributed by atoms with Crippen molar-refractivity contribution in [2.45, 2.75) is 143 Å². The molecule has 0 aliphatic carbocycles. The van der Waals surface area contributed by atoms with Crippen LogP contribution in [0, 0.1) is 27.7 Å². The summed E-state index contributed by atoms with van der Waals surface area (Å²) in [6.07, 6.45) is 16.5. The SMILES string of the molecule is CCCCC(c1ccc(C)cc1C)c1nn2c(=O)o[nH]c2c1C.CCCCCCCCCCCCSc1c(COOC)c(C)c2[nH]oc(=O)n12. The van der Waals surface area contributed by atoms with Crippen LogP contribution in [-0.2, 0) is 16.4 Å². The Labute approximate surface area is 299 Å². The van der Waals surface area contributed by atoms with Crippen molar-refractivity contribution in [1.82, 2.24) is 24.3 Å². The normalized spacial score (nSPS) is 12.2. The first kappa shape index (κ1) is 39.3. The number of aromatic nitrogens is 5. The van der Waals surface area contributed by atoms with Gasteiger partial charge >= 0.3 is 11.5 Å². The Balaban J connectivity index is 0.000000227. The number of nitrogens with one attached hydrogen (secondary N) is 2. The molecule has 2 N–H and O–H groups in total. The topological polar surface area (TPSA) is 132 Å². The maximum Gasteiger partial charge on any atom is 0.461 e. The fourth-order valence-corrected chi connectivity index (χ4v) is 7.86. The number of aromatic amines is 2. The zero-order chi connectivity index (χ0) is 36.0. The monoisotopic (exact) mass is 711 g/mol. The van der Waals surface area contributed by atoms with Crippen LogP contribution in [0.1, 0.15) is 142 Å². The summed E-state index contributed by atoms with van der Waals surface area (Å²) >= 11 is 1.69. The van der Waals surface area contributed by atoms with Gasteiger partial charge in [-0.3, -0.25) is 0 Å². The van der Waals surface area contributed by atoms with E-state index in [9.17, 15) is 9.59 Å². The molecule has 1 aromatic carbocycles. The molecule has 4 aromatic heterocycles. The largest absolute Gasteiger partial charge is 0.461 e. The van der Waals surface area contributed by atoms with E-state index in [1.807, 2.05) is 13.8 Å². The molecule has 0 saturated heterocycles. The Morgan fingerprint density at radius 1 is 0.820 bits per heavy atom. The number of benzene rings is 1. The maximum absolute atomic E-state index is 12.0. The number of hydrogen-bond donors (Lipinski definition) is 2. The van der Waals surface area contributed by atoms with Gasteiger partial charge in [0.25, 0.3) is 0 Å². The predicted octanol–water partition coefficient (Wildman–Crippen LogP) is 9.48. The minimum absolute atomic E-state index is 0.197. The van der Waals surface area contributed by atoms with Gasteiger partial charge in [-0.1, -0.05) is 108 Å². The third-order valence-corrected chi connectivity index (χ3v) is 10.7. The minimum atomic E-state index is -0.468. The van der Waals surface area contributed by atoms with Gasteiger partial charge in [0.2, 0.25) is 0 Å². The molecule has 0 aliphatic heterocycles. The van der Waals surface area contributed by atoms with Gasteiger partial charge in [0.05, 0.1) is 17.8 Å². The fraction of sp³-hybridized carbons (Fsp3) is 0.605. The van der Waals surface area contributed by atoms with Crippen molar-refractivity contribution in [2.24, 2.45) is 0 Å². The highest BCUT2D eigenvalue weighted by molar-refractivity contribution is 7.99. The molecule has 0 saturated carbocycles. The van der Waals surface area contributed by atoms with E-state index in [0.29, 0.717) is 17.9 Å². The highest BCUT2D eigenvalue weighted by Crippen LogP contribution is 2.34. The van der Waals surface area contributed by atoms with Crippen molar-refractivity contribution in [3.8, 4) is 0 Å². The van der Waals surface area contributed by atoms with E-state index in [0.717, 1.165) is 58.8 Å². The number of unbranched alkanes of at least 4 members (excludes halogenated alkanes) is 10. The van der Waals surface area contributed by atoms with Crippen molar-refractivity contribution in [3.63, 3.8) is 0 Å². The van der Waals surface area contributed by atoms with Crippen LogP contribution in [0.5, 0.6) is 0 Å². The number of hydrogen-bond acceptors (Lipinski definition) is 8. The number of fused-ring (bicyclic) bond motifs is 2. The average molecular weight is 712 g/mol. The van der Waals surface area contributed by atoms with Crippen molar-refractivity contribution in [3.05, 3.63) is 78.4 Å². The van der Waals surface area contributed by atoms with E-state index in [-0.39, 0.29) is 11.7 Å². The van der Waals surface area contributed by atoms with Gasteiger partial charge in [-0.05, 0) is 57.4 Å². The Kier molecular flexibility index (Phi) is 15.6. The summed E-state index contributed by atoms with van der Waals surface area (Å²) in [5, 5.41) is 10.8. The van der Waals surface area contributed by atoms with Crippen LogP contribution >= 0.6 is 11.8 Å². The van der Waals surface area contributed by atoms with E-state index in [1.54, 1.807) is 16.2 Å². The molecule has 11 nitrogen and oxygen atoms in total. The first-order valence-electron chi connectivity index (χ1n) is 18.4. The number of nitrogens with zero attached hydrogens (tertiary/aromatic N) is 3. The Morgan fingerprint density at radius 2 is 1.46 bits per heavy atom. The molecule has 0 bridgehead atoms. The first-order chi connectivity index (χ1) is 24.2. The first-order valence-corrected chi connectivity index (χ1v) is 19.3. The van der Waals surface area contributed by atoms with Crippen LogP contribution in [-0.4, -0.2) is 37.2 Å². The van der Waals surface area contributed by atoms with Crippen LogP contribution in [0.3, 0.4) is 0 Å². The Hall–Kier alpha value is -3.48. The van der Waals surface area contributed by atoms with E-state index in [4.69, 9.17) is 18.8 Å². The van der Waals surface area contributed by atoms with Gasteiger partial charge in [-0.15, -0.1) is 16.3 Å². The standard InChI is InChI=1S/C20H34N2O4S.C18H23N3O2/c1-4-5-6-7-8-9-10-11-12-13-14-27-19-17(15-25-24-3)16(2)18-21-26-20(23)22(18)19;1-5-6-7-15(14-9-8-11(2)10-12(14)3)16-13(4)17-20-23-18(22)21(17)19-16/h21H,4-15H2,1-3H3;8-10,15,20H,5-7H2,1-4H3. The quantitative estimate of drug-likeness (QED) is 0.0353. The molecule has 5 rings (SSSR count). The minimum Gasteiger partial charge on any atom is -0.322 e. The van der Waals surface area contributed by atoms with E-state index >= 15 is 0 Å². The Morgan fingerprint density at radius 3 is 2.10 bits per heavy atom. The van der Waals surface area contributed by atoms with Crippen LogP contribution in [0.25, 0.3) is 11.3 Å². The second-order valence-electron chi connectivity index (χ2n) is 13.3. The molecule has 50 heavy (non-hydrogen) atoms. The predicted molar refractivity (Wildman–Crippen MR) is 199 cm³/mol. The fourth-order valence-electron chi connectivity index (χ4n) is 6.63. The van der Waals surface area contributed by atoms with E-state index in [1.165, 1.54) is 86.1 Å². The van der Waals surface area contributed by atoms with E-state index < -0.39 is 5.76 Å². The zero-order valence-electron chi connectivity index (χ0n) is 31.1. The summed E-state index contributed by atoms with van der Waals surface area (Å²) in [5.41, 5.74) is 9.05. The van der Waals surface area contributed by atoms with Crippen molar-refractivity contribution in [1.29, 1.82) is 0 Å². The lowest BCUT2D eigenvalue weighted by molar-refractivity contribution is -0.282. The molecule has 0 spiro atoms. The maximum atomic E-state index is 12.0. The van der Waals surface area contributed by atoms with E-state index in [2.05, 4.69) is 61.3 Å². The summed E-state index contributed by atoms with van der Waals surface area (Å²) in [4.78, 5) is 33.6. The van der Waals surface area contributed by atoms with Crippen LogP contribution in [0.15, 0.2) is 41.9 Å². The summed E-state index contributed by atoms with van der Waals surface area (Å²) in [6.45, 7) is 13.0. The molecular weight excluding hydrogens is 655 g/mol. The van der Waals surface area contributed by atoms with Crippen molar-refractivity contribution >= 4 is 23.1 Å². The molecule has 5 aromatic rings. The molecule has 0 fully saturated rings. The third-order valence-electron chi connectivity index (χ3n) is 9.51. The van der Waals surface area contributed by atoms with Crippen LogP contribution < -0.4 is 11.5 Å². The molecule has 1 atom stereocenters. The van der Waals surface area contributed by atoms with Crippen LogP contribution in [0.2, 0.25) is 0 Å². The number of aryl methyl sites for hydroxylation is 4. The summed E-state index contributed by atoms with van der Waals surface area (Å²) < 4.78 is 12.7. The van der Waals surface area contributed by atoms with Gasteiger partial charge in [0.1, 0.15) is 6.61 Å². The molecular formula is C38H57N5O6S. The van der Waals surface area contributed by atoms with Crippen molar-refractivity contribution < 1.29 is 18.8 Å². The van der Waals surface area contributed by atoms with Gasteiger partial charge in [-0.2, -0.15) is 15.4 Å². The number of thioether (sulfide) groups is 1. The molecule has 276 valence electrons. The molecule has 4 heterocycles. The summed E-state index contributed by atoms with van der Waals surface area (Å²) in [5.74, 6) is 0.321. The molecule has 0 amide bonds. The Bertz CT molecular complexity index is 1880. The highest BCUT2D eigenvalue weighted by Gasteiger charge is 2.24. The second-order valence-corrected chi connectivity index (χ2v) is 14.4. The van der Waals surface area contributed by atoms with Gasteiger partial charge in [0.15, 0.2) is 11.3 Å². The summed E-state index contributed by atoms with van der Waals surface area (Å²) in [7, 11) is 1.49. The lowest BCUT2D eigenvalue weighted by Gasteiger charge is -2.19. The third kappa shape index (κ3) is 9.85. The van der Waals surface area contributed by atoms with Gasteiger partial charge in [0, 0.05) is 22.6 Å². The lowest BCUT2D eigenvalue weighted by atomic mass is 9.86. The number of H-pyrrole nitrogens is 2. The van der Waals surface area contributed by atoms with Gasteiger partial charge < -0.3 is 9.05 Å². The molecule has 0 aliphatic rings. The average Bonchev–Trinajstić information content (AvgIpc) is 3.83. The smallest absolute Gasteiger partial charge is 0.322 e. The molecule has 12 heteroatoms.